The van der Waals surface area contributed by atoms with E-state index in [0.29, 0.717) is 21.0 Å². The van der Waals surface area contributed by atoms with Crippen molar-refractivity contribution in [2.75, 3.05) is 5.32 Å². The van der Waals surface area contributed by atoms with E-state index in [1.165, 1.54) is 0 Å². The Kier molecular flexibility index (Phi) is 3.92. The Morgan fingerprint density at radius 2 is 1.67 bits per heavy atom. The van der Waals surface area contributed by atoms with Crippen molar-refractivity contribution in [2.24, 2.45) is 0 Å². The second-order valence-electron chi connectivity index (χ2n) is 5.24. The quantitative estimate of drug-likeness (QED) is 0.703. The molecular formula is C16H10Cl3N5. The lowest BCUT2D eigenvalue weighted by molar-refractivity contribution is 0.586. The zero-order valence-electron chi connectivity index (χ0n) is 12.1. The molecule has 0 fully saturated rings. The largest absolute Gasteiger partial charge is 0.323 e. The van der Waals surface area contributed by atoms with Crippen molar-refractivity contribution in [3.63, 3.8) is 0 Å². The summed E-state index contributed by atoms with van der Waals surface area (Å²) in [6.45, 7) is 0. The van der Waals surface area contributed by atoms with Crippen LogP contribution in [0.5, 0.6) is 0 Å². The number of nitrogens with zero attached hydrogens (tertiary/aromatic N) is 4. The molecule has 0 saturated heterocycles. The fourth-order valence-corrected chi connectivity index (χ4v) is 3.40. The topological polar surface area (TPSA) is 55.6 Å². The van der Waals surface area contributed by atoms with Crippen LogP contribution in [0.15, 0.2) is 48.5 Å². The Morgan fingerprint density at radius 1 is 0.958 bits per heavy atom. The van der Waals surface area contributed by atoms with Crippen LogP contribution in [0.25, 0.3) is 5.70 Å². The summed E-state index contributed by atoms with van der Waals surface area (Å²) < 4.78 is 1.65. The summed E-state index contributed by atoms with van der Waals surface area (Å²) in [6, 6.07) is 12.6. The lowest BCUT2D eigenvalue weighted by atomic mass is 10.0. The van der Waals surface area contributed by atoms with Gasteiger partial charge in [0.05, 0.1) is 0 Å². The normalized spacial score (nSPS) is 16.3. The van der Waals surface area contributed by atoms with Gasteiger partial charge in [-0.1, -0.05) is 58.1 Å². The first-order chi connectivity index (χ1) is 11.6. The number of fused-ring (bicyclic) bond motifs is 1. The highest BCUT2D eigenvalue weighted by Crippen LogP contribution is 2.38. The maximum Gasteiger partial charge on any atom is 0.248 e. The minimum Gasteiger partial charge on any atom is -0.323 e. The Labute approximate surface area is 152 Å². The standard InChI is InChI=1S/C16H10Cl3N5/c17-10-6-4-9(5-7-10)13-8-14(24-16(20-13)21-22-23-24)15-11(18)2-1-3-12(15)19/h1-8,14H,(H,20,21,23)/t14-/m1/s1. The molecule has 2 aromatic carbocycles. The molecule has 0 spiro atoms. The van der Waals surface area contributed by atoms with Crippen LogP contribution in [0.4, 0.5) is 5.95 Å². The second kappa shape index (κ2) is 6.09. The molecule has 0 aliphatic carbocycles. The molecular weight excluding hydrogens is 369 g/mol. The van der Waals surface area contributed by atoms with Crippen molar-refractivity contribution >= 4 is 46.4 Å². The monoisotopic (exact) mass is 377 g/mol. The van der Waals surface area contributed by atoms with E-state index in [4.69, 9.17) is 34.8 Å². The zero-order chi connectivity index (χ0) is 16.7. The highest BCUT2D eigenvalue weighted by molar-refractivity contribution is 6.36. The second-order valence-corrected chi connectivity index (χ2v) is 6.49. The third-order valence-corrected chi connectivity index (χ3v) is 4.69. The summed E-state index contributed by atoms with van der Waals surface area (Å²) in [5.74, 6) is 0.517. The van der Waals surface area contributed by atoms with Crippen LogP contribution >= 0.6 is 34.8 Å². The van der Waals surface area contributed by atoms with Crippen molar-refractivity contribution in [2.45, 2.75) is 6.04 Å². The molecule has 0 amide bonds. The molecule has 24 heavy (non-hydrogen) atoms. The van der Waals surface area contributed by atoms with Gasteiger partial charge in [0.2, 0.25) is 5.95 Å². The van der Waals surface area contributed by atoms with Crippen LogP contribution in [-0.4, -0.2) is 20.2 Å². The average Bonchev–Trinajstić information content (AvgIpc) is 3.04. The van der Waals surface area contributed by atoms with Crippen molar-refractivity contribution in [3.05, 3.63) is 74.7 Å². The molecule has 5 nitrogen and oxygen atoms in total. The molecule has 1 aromatic heterocycles. The minimum atomic E-state index is -0.317. The first-order valence-electron chi connectivity index (χ1n) is 7.10. The smallest absolute Gasteiger partial charge is 0.248 e. The summed E-state index contributed by atoms with van der Waals surface area (Å²) >= 11 is 18.7. The molecule has 0 bridgehead atoms. The Balaban J connectivity index is 1.87. The predicted octanol–water partition coefficient (Wildman–Crippen LogP) is 4.69. The summed E-state index contributed by atoms with van der Waals surface area (Å²) in [5, 5.41) is 16.8. The zero-order valence-corrected chi connectivity index (χ0v) is 14.4. The van der Waals surface area contributed by atoms with Crippen LogP contribution in [0.3, 0.4) is 0 Å². The van der Waals surface area contributed by atoms with Crippen molar-refractivity contribution in [1.82, 2.24) is 20.2 Å². The molecule has 8 heteroatoms. The van der Waals surface area contributed by atoms with Gasteiger partial charge < -0.3 is 5.32 Å². The van der Waals surface area contributed by atoms with Gasteiger partial charge in [-0.2, -0.15) is 4.68 Å². The lowest BCUT2D eigenvalue weighted by Gasteiger charge is -2.24. The SMILES string of the molecule is Clc1ccc(C2=C[C@H](c3c(Cl)cccc3Cl)n3nnnc3N2)cc1. The van der Waals surface area contributed by atoms with E-state index in [2.05, 4.69) is 20.8 Å². The van der Waals surface area contributed by atoms with Gasteiger partial charge in [0.15, 0.2) is 0 Å². The number of nitrogens with one attached hydrogen (secondary N) is 1. The highest BCUT2D eigenvalue weighted by Gasteiger charge is 2.27. The molecule has 0 unspecified atom stereocenters. The fraction of sp³-hybridized carbons (Fsp3) is 0.0625. The maximum absolute atomic E-state index is 6.38. The molecule has 1 atom stereocenters. The highest BCUT2D eigenvalue weighted by atomic mass is 35.5. The third kappa shape index (κ3) is 2.65. The van der Waals surface area contributed by atoms with Gasteiger partial charge in [-0.25, -0.2) is 0 Å². The Hall–Kier alpha value is -2.08. The van der Waals surface area contributed by atoms with Gasteiger partial charge >= 0.3 is 0 Å². The summed E-state index contributed by atoms with van der Waals surface area (Å²) in [5.41, 5.74) is 2.57. The van der Waals surface area contributed by atoms with E-state index >= 15 is 0 Å². The van der Waals surface area contributed by atoms with Crippen molar-refractivity contribution < 1.29 is 0 Å². The van der Waals surface area contributed by atoms with Gasteiger partial charge in [0.25, 0.3) is 0 Å². The summed E-state index contributed by atoms with van der Waals surface area (Å²) in [7, 11) is 0. The van der Waals surface area contributed by atoms with Crippen molar-refractivity contribution in [1.29, 1.82) is 0 Å². The number of benzene rings is 2. The molecule has 4 rings (SSSR count). The maximum atomic E-state index is 6.38. The number of hydrogen-bond donors (Lipinski definition) is 1. The van der Waals surface area contributed by atoms with E-state index in [1.807, 2.05) is 30.3 Å². The van der Waals surface area contributed by atoms with E-state index in [0.717, 1.165) is 16.8 Å². The van der Waals surface area contributed by atoms with E-state index in [1.54, 1.807) is 22.9 Å². The van der Waals surface area contributed by atoms with Crippen LogP contribution < -0.4 is 5.32 Å². The van der Waals surface area contributed by atoms with Crippen LogP contribution in [0.1, 0.15) is 17.2 Å². The number of anilines is 1. The Bertz CT molecular complexity index is 913. The number of rotatable bonds is 2. The minimum absolute atomic E-state index is 0.317. The first kappa shape index (κ1) is 15.4. The molecule has 0 saturated carbocycles. The van der Waals surface area contributed by atoms with Gasteiger partial charge in [0.1, 0.15) is 6.04 Å². The summed E-state index contributed by atoms with van der Waals surface area (Å²) in [6.07, 6.45) is 1.99. The predicted molar refractivity (Wildman–Crippen MR) is 95.5 cm³/mol. The van der Waals surface area contributed by atoms with Crippen LogP contribution in [0, 0.1) is 0 Å². The number of aromatic nitrogens is 4. The summed E-state index contributed by atoms with van der Waals surface area (Å²) in [4.78, 5) is 0. The van der Waals surface area contributed by atoms with Crippen LogP contribution in [-0.2, 0) is 0 Å². The van der Waals surface area contributed by atoms with E-state index in [9.17, 15) is 0 Å². The lowest BCUT2D eigenvalue weighted by Crippen LogP contribution is -2.20. The van der Waals surface area contributed by atoms with Gasteiger partial charge in [-0.15, -0.1) is 0 Å². The number of allylic oxidation sites excluding steroid dienone is 1. The number of tetrazole rings is 1. The fourth-order valence-electron chi connectivity index (χ4n) is 2.65. The molecule has 1 N–H and O–H groups in total. The molecule has 0 radical (unpaired) electrons. The molecule has 3 aromatic rings. The number of halogens is 3. The van der Waals surface area contributed by atoms with Crippen LogP contribution in [0.2, 0.25) is 15.1 Å². The molecule has 1 aliphatic rings. The Morgan fingerprint density at radius 3 is 2.38 bits per heavy atom. The molecule has 120 valence electrons. The van der Waals surface area contributed by atoms with Gasteiger partial charge in [-0.3, -0.25) is 0 Å². The van der Waals surface area contributed by atoms with Gasteiger partial charge in [0, 0.05) is 26.3 Å². The number of hydrogen-bond acceptors (Lipinski definition) is 4. The third-order valence-electron chi connectivity index (χ3n) is 3.78. The van der Waals surface area contributed by atoms with Gasteiger partial charge in [-0.05, 0) is 46.3 Å². The first-order valence-corrected chi connectivity index (χ1v) is 8.23. The molecule has 1 aliphatic heterocycles. The van der Waals surface area contributed by atoms with E-state index < -0.39 is 0 Å². The molecule has 2 heterocycles. The van der Waals surface area contributed by atoms with E-state index in [-0.39, 0.29) is 6.04 Å². The van der Waals surface area contributed by atoms with Crippen molar-refractivity contribution in [3.8, 4) is 0 Å². The average molecular weight is 379 g/mol.